The minimum absolute atomic E-state index is 0.00931. The summed E-state index contributed by atoms with van der Waals surface area (Å²) in [5.41, 5.74) is 1.23. The van der Waals surface area contributed by atoms with Crippen molar-refractivity contribution in [2.75, 3.05) is 26.3 Å². The molecule has 220 valence electrons. The van der Waals surface area contributed by atoms with E-state index in [0.717, 1.165) is 19.3 Å². The van der Waals surface area contributed by atoms with E-state index < -0.39 is 18.0 Å². The van der Waals surface area contributed by atoms with Gasteiger partial charge in [0.05, 0.1) is 37.8 Å². The summed E-state index contributed by atoms with van der Waals surface area (Å²) in [6.07, 6.45) is 9.29. The monoisotopic (exact) mass is 547 g/mol. The van der Waals surface area contributed by atoms with Crippen molar-refractivity contribution in [2.24, 2.45) is 29.6 Å². The molecular weight excluding hydrogens is 498 g/mol. The van der Waals surface area contributed by atoms with Crippen LogP contribution in [0.1, 0.15) is 79.1 Å². The zero-order chi connectivity index (χ0) is 28.2. The molecule has 2 unspecified atom stereocenters. The molecule has 0 radical (unpaired) electrons. The van der Waals surface area contributed by atoms with Crippen LogP contribution < -0.4 is 0 Å². The lowest BCUT2D eigenvalue weighted by Crippen LogP contribution is -2.47. The Hall–Kier alpha value is -1.74. The second-order valence-electron chi connectivity index (χ2n) is 12.4. The third-order valence-corrected chi connectivity index (χ3v) is 9.36. The molecule has 2 N–H and O–H groups in total. The molecule has 8 atom stereocenters. The van der Waals surface area contributed by atoms with Crippen molar-refractivity contribution in [1.82, 2.24) is 4.90 Å². The van der Waals surface area contributed by atoms with E-state index in [1.807, 2.05) is 13.8 Å². The van der Waals surface area contributed by atoms with Gasteiger partial charge >= 0.3 is 5.97 Å². The molecule has 8 heteroatoms. The van der Waals surface area contributed by atoms with Crippen molar-refractivity contribution < 1.29 is 34.0 Å². The fraction of sp³-hybridized carbons (Fsp3) is 0.806. The number of aliphatic hydroxyl groups excluding tert-OH is 2. The highest BCUT2D eigenvalue weighted by Crippen LogP contribution is 2.45. The average molecular weight is 548 g/mol. The summed E-state index contributed by atoms with van der Waals surface area (Å²) in [6.45, 7) is 10.6. The van der Waals surface area contributed by atoms with E-state index in [-0.39, 0.29) is 48.6 Å². The number of amides is 1. The van der Waals surface area contributed by atoms with Gasteiger partial charge in [0.2, 0.25) is 5.91 Å². The second kappa shape index (κ2) is 13.3. The van der Waals surface area contributed by atoms with Crippen LogP contribution in [0, 0.1) is 29.6 Å². The molecule has 0 aromatic heterocycles. The zero-order valence-corrected chi connectivity index (χ0v) is 24.2. The molecule has 4 aliphatic rings. The maximum absolute atomic E-state index is 12.8. The first-order valence-electron chi connectivity index (χ1n) is 15.1. The van der Waals surface area contributed by atoms with E-state index in [9.17, 15) is 19.8 Å². The van der Waals surface area contributed by atoms with E-state index in [4.69, 9.17) is 14.2 Å². The van der Waals surface area contributed by atoms with Gasteiger partial charge in [-0.25, -0.2) is 0 Å². The molecule has 39 heavy (non-hydrogen) atoms. The third-order valence-electron chi connectivity index (χ3n) is 9.36. The van der Waals surface area contributed by atoms with E-state index in [1.54, 1.807) is 4.90 Å². The Bertz CT molecular complexity index is 901. The number of hydrogen-bond donors (Lipinski definition) is 2. The molecule has 0 saturated carbocycles. The topological polar surface area (TPSA) is 106 Å². The van der Waals surface area contributed by atoms with Crippen LogP contribution in [0.5, 0.6) is 0 Å². The van der Waals surface area contributed by atoms with Crippen LogP contribution >= 0.6 is 0 Å². The van der Waals surface area contributed by atoms with Crippen LogP contribution in [0.4, 0.5) is 0 Å². The molecule has 2 aliphatic carbocycles. The molecule has 2 aliphatic heterocycles. The Morgan fingerprint density at radius 3 is 2.51 bits per heavy atom. The van der Waals surface area contributed by atoms with Gasteiger partial charge < -0.3 is 29.3 Å². The van der Waals surface area contributed by atoms with Gasteiger partial charge in [0, 0.05) is 31.8 Å². The predicted octanol–water partition coefficient (Wildman–Crippen LogP) is 4.00. The van der Waals surface area contributed by atoms with Gasteiger partial charge in [0.1, 0.15) is 6.10 Å². The van der Waals surface area contributed by atoms with Crippen LogP contribution in [0.3, 0.4) is 0 Å². The minimum atomic E-state index is -0.888. The second-order valence-corrected chi connectivity index (χ2v) is 12.4. The summed E-state index contributed by atoms with van der Waals surface area (Å²) >= 11 is 0. The Balaban J connectivity index is 1.28. The van der Waals surface area contributed by atoms with E-state index in [0.29, 0.717) is 57.4 Å². The van der Waals surface area contributed by atoms with Gasteiger partial charge in [-0.3, -0.25) is 9.59 Å². The summed E-state index contributed by atoms with van der Waals surface area (Å²) in [7, 11) is 0. The number of carbonyl (C=O) groups excluding carboxylic acids is 2. The number of likely N-dealkylation sites (tertiary alicyclic amines) is 1. The van der Waals surface area contributed by atoms with Crippen LogP contribution in [0.2, 0.25) is 0 Å². The Labute approximate surface area is 233 Å². The first-order chi connectivity index (χ1) is 18.6. The lowest BCUT2D eigenvalue weighted by Gasteiger charge is -2.43. The van der Waals surface area contributed by atoms with Crippen LogP contribution in [0.15, 0.2) is 23.8 Å². The summed E-state index contributed by atoms with van der Waals surface area (Å²) in [5, 5.41) is 21.4. The fourth-order valence-corrected chi connectivity index (χ4v) is 6.77. The minimum Gasteiger partial charge on any atom is -0.461 e. The molecule has 4 rings (SSSR count). The van der Waals surface area contributed by atoms with Gasteiger partial charge in [0.25, 0.3) is 0 Å². The molecule has 2 saturated heterocycles. The fourth-order valence-electron chi connectivity index (χ4n) is 6.77. The number of piperidine rings is 1. The largest absolute Gasteiger partial charge is 0.461 e. The SMILES string of the molecule is CC[C@H](C)C(=O)O[C@H]1C[C@@H](C)C=C2C=C[C@H](C)[C@H](CCC(O)CC(O)CC(=O)N3CCC4(CC3)OCCO4)[C@H]21. The van der Waals surface area contributed by atoms with Crippen molar-refractivity contribution in [3.05, 3.63) is 23.8 Å². The predicted molar refractivity (Wildman–Crippen MR) is 147 cm³/mol. The summed E-state index contributed by atoms with van der Waals surface area (Å²) in [6, 6.07) is 0. The van der Waals surface area contributed by atoms with Gasteiger partial charge in [-0.15, -0.1) is 0 Å². The highest BCUT2D eigenvalue weighted by atomic mass is 16.7. The molecule has 2 heterocycles. The van der Waals surface area contributed by atoms with E-state index in [1.165, 1.54) is 5.57 Å². The average Bonchev–Trinajstić information content (AvgIpc) is 3.35. The molecule has 0 aromatic carbocycles. The van der Waals surface area contributed by atoms with E-state index >= 15 is 0 Å². The van der Waals surface area contributed by atoms with E-state index in [2.05, 4.69) is 32.1 Å². The Morgan fingerprint density at radius 1 is 1.15 bits per heavy atom. The normalized spacial score (nSPS) is 32.3. The number of aliphatic hydroxyl groups is 2. The maximum Gasteiger partial charge on any atom is 0.308 e. The lowest BCUT2D eigenvalue weighted by atomic mass is 9.65. The van der Waals surface area contributed by atoms with Gasteiger partial charge in [-0.1, -0.05) is 45.9 Å². The highest BCUT2D eigenvalue weighted by molar-refractivity contribution is 5.76. The van der Waals surface area contributed by atoms with Crippen LogP contribution in [0.25, 0.3) is 0 Å². The maximum atomic E-state index is 12.8. The number of carbonyl (C=O) groups is 2. The Kier molecular flexibility index (Phi) is 10.3. The zero-order valence-electron chi connectivity index (χ0n) is 24.2. The summed E-state index contributed by atoms with van der Waals surface area (Å²) in [4.78, 5) is 27.2. The molecule has 2 fully saturated rings. The highest BCUT2D eigenvalue weighted by Gasteiger charge is 2.42. The first kappa shape index (κ1) is 30.2. The third kappa shape index (κ3) is 7.51. The first-order valence-corrected chi connectivity index (χ1v) is 15.1. The summed E-state index contributed by atoms with van der Waals surface area (Å²) < 4.78 is 17.6. The quantitative estimate of drug-likeness (QED) is 0.398. The van der Waals surface area contributed by atoms with Crippen LogP contribution in [-0.2, 0) is 23.8 Å². The number of hydrogen-bond acceptors (Lipinski definition) is 7. The lowest BCUT2D eigenvalue weighted by molar-refractivity contribution is -0.187. The molecule has 0 aromatic rings. The number of esters is 1. The molecule has 0 bridgehead atoms. The van der Waals surface area contributed by atoms with Gasteiger partial charge in [-0.05, 0) is 55.4 Å². The van der Waals surface area contributed by atoms with Crippen molar-refractivity contribution in [1.29, 1.82) is 0 Å². The number of fused-ring (bicyclic) bond motifs is 1. The standard InChI is InChI=1S/C31H49NO7/c1-5-21(3)30(36)39-27-17-20(2)16-23-7-6-22(4)26(29(23)27)9-8-24(33)18-25(34)19-28(35)32-12-10-31(11-13-32)37-14-15-38-31/h6-7,16,20-22,24-27,29,33-34H,5,8-15,17-19H2,1-4H3/t20-,21-,22-,24?,25?,26-,27-,29-/m0/s1. The molecule has 1 spiro atoms. The number of rotatable bonds is 10. The van der Waals surface area contributed by atoms with Crippen molar-refractivity contribution >= 4 is 11.9 Å². The smallest absolute Gasteiger partial charge is 0.308 e. The van der Waals surface area contributed by atoms with Crippen molar-refractivity contribution in [3.63, 3.8) is 0 Å². The van der Waals surface area contributed by atoms with Gasteiger partial charge in [0.15, 0.2) is 5.79 Å². The number of ether oxygens (including phenoxy) is 3. The molecule has 1 amide bonds. The summed E-state index contributed by atoms with van der Waals surface area (Å²) in [5.74, 6) is 0.105. The molecular formula is C31H49NO7. The van der Waals surface area contributed by atoms with Crippen molar-refractivity contribution in [3.8, 4) is 0 Å². The van der Waals surface area contributed by atoms with Crippen molar-refractivity contribution in [2.45, 2.75) is 103 Å². The van der Waals surface area contributed by atoms with Crippen LogP contribution in [-0.4, -0.2) is 77.4 Å². The number of nitrogens with zero attached hydrogens (tertiary/aromatic N) is 1. The van der Waals surface area contributed by atoms with Gasteiger partial charge in [-0.2, -0.15) is 0 Å². The Morgan fingerprint density at radius 2 is 1.85 bits per heavy atom. The number of allylic oxidation sites excluding steroid dienone is 3. The molecule has 8 nitrogen and oxygen atoms in total.